The number of benzene rings is 1. The number of ether oxygens (including phenoxy) is 1. The maximum absolute atomic E-state index is 13.8. The van der Waals surface area contributed by atoms with E-state index in [1.165, 1.54) is 12.1 Å². The summed E-state index contributed by atoms with van der Waals surface area (Å²) in [5.41, 5.74) is 5.78. The maximum atomic E-state index is 13.8. The first kappa shape index (κ1) is 15.5. The predicted molar refractivity (Wildman–Crippen MR) is 78.2 cm³/mol. The van der Waals surface area contributed by atoms with Crippen molar-refractivity contribution in [3.8, 4) is 11.8 Å². The van der Waals surface area contributed by atoms with Crippen LogP contribution in [0.15, 0.2) is 18.2 Å². The van der Waals surface area contributed by atoms with Gasteiger partial charge in [-0.2, -0.15) is 0 Å². The first-order chi connectivity index (χ1) is 10.1. The molecule has 1 amide bonds. The van der Waals surface area contributed by atoms with E-state index in [0.29, 0.717) is 12.5 Å². The molecule has 0 spiro atoms. The van der Waals surface area contributed by atoms with Crippen LogP contribution in [0, 0.1) is 23.6 Å². The Bertz CT molecular complexity index is 571. The van der Waals surface area contributed by atoms with Crippen LogP contribution in [0.2, 0.25) is 0 Å². The summed E-state index contributed by atoms with van der Waals surface area (Å²) in [7, 11) is 0. The zero-order valence-electron chi connectivity index (χ0n) is 12.0. The van der Waals surface area contributed by atoms with Gasteiger partial charge in [0, 0.05) is 24.1 Å². The molecule has 1 heterocycles. The van der Waals surface area contributed by atoms with Crippen LogP contribution in [0.25, 0.3) is 0 Å². The van der Waals surface area contributed by atoms with Gasteiger partial charge in [0.25, 0.3) is 5.91 Å². The lowest BCUT2D eigenvalue weighted by Gasteiger charge is -2.19. The highest BCUT2D eigenvalue weighted by Crippen LogP contribution is 2.17. The van der Waals surface area contributed by atoms with E-state index in [1.807, 2.05) is 6.92 Å². The second-order valence-corrected chi connectivity index (χ2v) is 5.09. The molecule has 1 saturated heterocycles. The van der Waals surface area contributed by atoms with E-state index in [-0.39, 0.29) is 29.6 Å². The van der Waals surface area contributed by atoms with Gasteiger partial charge >= 0.3 is 0 Å². The summed E-state index contributed by atoms with van der Waals surface area (Å²) >= 11 is 0. The van der Waals surface area contributed by atoms with Crippen molar-refractivity contribution in [2.75, 3.05) is 19.8 Å². The average Bonchev–Trinajstić information content (AvgIpc) is 3.00. The SMILES string of the molecule is CC(NC(=O)c1ccc(C#CCN)c(F)c1)C1CCOC1. The van der Waals surface area contributed by atoms with Crippen LogP contribution in [0.5, 0.6) is 0 Å². The smallest absolute Gasteiger partial charge is 0.251 e. The van der Waals surface area contributed by atoms with Crippen molar-refractivity contribution in [3.63, 3.8) is 0 Å². The minimum absolute atomic E-state index is 0.000213. The molecule has 0 bridgehead atoms. The fourth-order valence-electron chi connectivity index (χ4n) is 2.26. The Labute approximate surface area is 123 Å². The zero-order valence-corrected chi connectivity index (χ0v) is 12.0. The largest absolute Gasteiger partial charge is 0.381 e. The summed E-state index contributed by atoms with van der Waals surface area (Å²) in [6.45, 7) is 3.49. The highest BCUT2D eigenvalue weighted by atomic mass is 19.1. The number of carbonyl (C=O) groups excluding carboxylic acids is 1. The third-order valence-electron chi connectivity index (χ3n) is 3.59. The minimum atomic E-state index is -0.513. The maximum Gasteiger partial charge on any atom is 0.251 e. The minimum Gasteiger partial charge on any atom is -0.381 e. The van der Waals surface area contributed by atoms with Crippen LogP contribution in [-0.2, 0) is 4.74 Å². The molecule has 2 rings (SSSR count). The normalized spacial score (nSPS) is 18.7. The van der Waals surface area contributed by atoms with Gasteiger partial charge in [-0.05, 0) is 31.5 Å². The standard InChI is InChI=1S/C16H19FN2O2/c1-11(14-6-8-21-10-14)19-16(20)13-5-4-12(3-2-7-18)15(17)9-13/h4-5,9,11,14H,6-8,10,18H2,1H3,(H,19,20). The predicted octanol–water partition coefficient (Wildman–Crippen LogP) is 1.29. The summed E-state index contributed by atoms with van der Waals surface area (Å²) in [5.74, 6) is 4.73. The van der Waals surface area contributed by atoms with Crippen molar-refractivity contribution in [1.29, 1.82) is 0 Å². The average molecular weight is 290 g/mol. The fourth-order valence-corrected chi connectivity index (χ4v) is 2.26. The summed E-state index contributed by atoms with van der Waals surface area (Å²) in [4.78, 5) is 12.1. The molecule has 4 nitrogen and oxygen atoms in total. The van der Waals surface area contributed by atoms with Gasteiger partial charge in [0.15, 0.2) is 0 Å². The number of halogens is 1. The van der Waals surface area contributed by atoms with Crippen molar-refractivity contribution < 1.29 is 13.9 Å². The summed E-state index contributed by atoms with van der Waals surface area (Å²) in [6, 6.07) is 4.26. The number of amides is 1. The van der Waals surface area contributed by atoms with Crippen LogP contribution in [0.3, 0.4) is 0 Å². The van der Waals surface area contributed by atoms with Crippen LogP contribution in [-0.4, -0.2) is 31.7 Å². The second-order valence-electron chi connectivity index (χ2n) is 5.09. The summed E-state index contributed by atoms with van der Waals surface area (Å²) in [6.07, 6.45) is 0.934. The van der Waals surface area contributed by atoms with Gasteiger partial charge in [-0.25, -0.2) is 4.39 Å². The van der Waals surface area contributed by atoms with E-state index >= 15 is 0 Å². The van der Waals surface area contributed by atoms with E-state index in [9.17, 15) is 9.18 Å². The lowest BCUT2D eigenvalue weighted by atomic mass is 10.0. The molecular weight excluding hydrogens is 271 g/mol. The molecule has 1 aliphatic rings. The monoisotopic (exact) mass is 290 g/mol. The topological polar surface area (TPSA) is 64.4 Å². The highest BCUT2D eigenvalue weighted by Gasteiger charge is 2.24. The highest BCUT2D eigenvalue weighted by molar-refractivity contribution is 5.94. The van der Waals surface area contributed by atoms with E-state index in [1.54, 1.807) is 6.07 Å². The number of hydrogen-bond acceptors (Lipinski definition) is 3. The van der Waals surface area contributed by atoms with Crippen LogP contribution < -0.4 is 11.1 Å². The summed E-state index contributed by atoms with van der Waals surface area (Å²) in [5, 5.41) is 2.89. The Morgan fingerprint density at radius 3 is 3.05 bits per heavy atom. The molecule has 112 valence electrons. The first-order valence-electron chi connectivity index (χ1n) is 6.99. The number of hydrogen-bond donors (Lipinski definition) is 2. The van der Waals surface area contributed by atoms with Gasteiger partial charge < -0.3 is 15.8 Å². The Balaban J connectivity index is 2.03. The molecule has 2 atom stereocenters. The van der Waals surface area contributed by atoms with Gasteiger partial charge in [-0.3, -0.25) is 4.79 Å². The number of nitrogens with two attached hydrogens (primary N) is 1. The third-order valence-corrected chi connectivity index (χ3v) is 3.59. The van der Waals surface area contributed by atoms with E-state index in [4.69, 9.17) is 10.5 Å². The number of nitrogens with one attached hydrogen (secondary N) is 1. The quantitative estimate of drug-likeness (QED) is 0.825. The molecule has 1 aromatic rings. The van der Waals surface area contributed by atoms with Crippen LogP contribution in [0.4, 0.5) is 4.39 Å². The first-order valence-corrected chi connectivity index (χ1v) is 6.99. The number of carbonyl (C=O) groups is 1. The van der Waals surface area contributed by atoms with Gasteiger partial charge in [0.05, 0.1) is 18.7 Å². The van der Waals surface area contributed by atoms with Gasteiger partial charge in [-0.1, -0.05) is 11.8 Å². The lowest BCUT2D eigenvalue weighted by Crippen LogP contribution is -2.38. The fraction of sp³-hybridized carbons (Fsp3) is 0.438. The van der Waals surface area contributed by atoms with E-state index in [0.717, 1.165) is 13.0 Å². The number of rotatable bonds is 3. The van der Waals surface area contributed by atoms with Gasteiger partial charge in [-0.15, -0.1) is 0 Å². The van der Waals surface area contributed by atoms with Gasteiger partial charge in [0.1, 0.15) is 5.82 Å². The van der Waals surface area contributed by atoms with Crippen LogP contribution >= 0.6 is 0 Å². The van der Waals surface area contributed by atoms with E-state index in [2.05, 4.69) is 17.2 Å². The van der Waals surface area contributed by atoms with Crippen molar-refractivity contribution >= 4 is 5.91 Å². The lowest BCUT2D eigenvalue weighted by molar-refractivity contribution is 0.0921. The molecule has 1 aliphatic heterocycles. The Morgan fingerprint density at radius 1 is 1.62 bits per heavy atom. The molecule has 21 heavy (non-hydrogen) atoms. The van der Waals surface area contributed by atoms with Crippen molar-refractivity contribution in [2.45, 2.75) is 19.4 Å². The molecule has 1 fully saturated rings. The molecule has 1 aromatic carbocycles. The van der Waals surface area contributed by atoms with Crippen molar-refractivity contribution in [2.24, 2.45) is 11.7 Å². The van der Waals surface area contributed by atoms with E-state index < -0.39 is 5.82 Å². The third kappa shape index (κ3) is 4.03. The molecular formula is C16H19FN2O2. The summed E-state index contributed by atoms with van der Waals surface area (Å²) < 4.78 is 19.1. The Hall–Kier alpha value is -1.90. The van der Waals surface area contributed by atoms with Gasteiger partial charge in [0.2, 0.25) is 0 Å². The van der Waals surface area contributed by atoms with Crippen molar-refractivity contribution in [1.82, 2.24) is 5.32 Å². The second kappa shape index (κ2) is 7.21. The van der Waals surface area contributed by atoms with Crippen molar-refractivity contribution in [3.05, 3.63) is 35.1 Å². The zero-order chi connectivity index (χ0) is 15.2. The molecule has 5 heteroatoms. The molecule has 0 aromatic heterocycles. The molecule has 2 unspecified atom stereocenters. The molecule has 0 aliphatic carbocycles. The molecule has 0 radical (unpaired) electrons. The Kier molecular flexibility index (Phi) is 5.32. The molecule has 3 N–H and O–H groups in total. The Morgan fingerprint density at radius 2 is 2.43 bits per heavy atom. The molecule has 0 saturated carbocycles. The van der Waals surface area contributed by atoms with Crippen LogP contribution in [0.1, 0.15) is 29.3 Å².